The molecule has 2 fully saturated rings. The highest BCUT2D eigenvalue weighted by Gasteiger charge is 2.39. The topological polar surface area (TPSA) is 72.4 Å². The number of nitrogens with two attached hydrogens (primary N) is 2. The summed E-state index contributed by atoms with van der Waals surface area (Å²) in [5, 5.41) is 0. The van der Waals surface area contributed by atoms with Gasteiger partial charge in [0.25, 0.3) is 5.91 Å². The number of benzene rings is 1. The minimum atomic E-state index is -0.711. The Kier molecular flexibility index (Phi) is 3.38. The van der Waals surface area contributed by atoms with E-state index in [9.17, 15) is 9.18 Å². The zero-order chi connectivity index (χ0) is 14.3. The number of amides is 1. The summed E-state index contributed by atoms with van der Waals surface area (Å²) in [6.07, 6.45) is 3.37. The number of hydrogen-bond acceptors (Lipinski definition) is 3. The maximum absolute atomic E-state index is 13.8. The molecule has 3 atom stereocenters. The zero-order valence-electron chi connectivity index (χ0n) is 11.4. The second-order valence-corrected chi connectivity index (χ2v) is 5.92. The van der Waals surface area contributed by atoms with Crippen LogP contribution in [0.4, 0.5) is 10.1 Å². The van der Waals surface area contributed by atoms with Crippen LogP contribution in [0.2, 0.25) is 0 Å². The van der Waals surface area contributed by atoms with Crippen LogP contribution in [0.15, 0.2) is 18.2 Å². The van der Waals surface area contributed by atoms with Gasteiger partial charge in [-0.2, -0.15) is 0 Å². The van der Waals surface area contributed by atoms with Gasteiger partial charge >= 0.3 is 0 Å². The summed E-state index contributed by atoms with van der Waals surface area (Å²) in [6, 6.07) is 4.88. The molecular weight excluding hydrogens is 257 g/mol. The molecule has 20 heavy (non-hydrogen) atoms. The van der Waals surface area contributed by atoms with Gasteiger partial charge in [0.05, 0.1) is 11.3 Å². The van der Waals surface area contributed by atoms with Crippen LogP contribution in [0.5, 0.6) is 0 Å². The molecule has 1 saturated carbocycles. The average molecular weight is 277 g/mol. The Morgan fingerprint density at radius 1 is 1.30 bits per heavy atom. The second-order valence-electron chi connectivity index (χ2n) is 5.92. The summed E-state index contributed by atoms with van der Waals surface area (Å²) < 4.78 is 13.8. The first-order valence-corrected chi connectivity index (χ1v) is 7.16. The van der Waals surface area contributed by atoms with Crippen LogP contribution in [0.25, 0.3) is 0 Å². The minimum absolute atomic E-state index is 0.000261. The third kappa shape index (κ3) is 2.16. The SMILES string of the molecule is NC(=O)c1c(F)cccc1N1CC2CCCC(N)C2C1. The minimum Gasteiger partial charge on any atom is -0.370 e. The normalized spacial score (nSPS) is 29.3. The van der Waals surface area contributed by atoms with Gasteiger partial charge in [0.1, 0.15) is 5.82 Å². The highest BCUT2D eigenvalue weighted by Crippen LogP contribution is 2.38. The molecular formula is C15H20FN3O. The Balaban J connectivity index is 1.91. The molecule has 3 unspecified atom stereocenters. The lowest BCUT2D eigenvalue weighted by Crippen LogP contribution is -2.38. The Morgan fingerprint density at radius 3 is 2.80 bits per heavy atom. The van der Waals surface area contributed by atoms with Crippen LogP contribution >= 0.6 is 0 Å². The van der Waals surface area contributed by atoms with E-state index in [0.717, 1.165) is 32.4 Å². The molecule has 0 aromatic heterocycles. The number of rotatable bonds is 2. The first-order valence-electron chi connectivity index (χ1n) is 7.16. The van der Waals surface area contributed by atoms with E-state index in [1.165, 1.54) is 6.07 Å². The van der Waals surface area contributed by atoms with Crippen LogP contribution in [-0.4, -0.2) is 25.0 Å². The van der Waals surface area contributed by atoms with Crippen molar-refractivity contribution in [3.05, 3.63) is 29.6 Å². The van der Waals surface area contributed by atoms with E-state index in [0.29, 0.717) is 17.5 Å². The van der Waals surface area contributed by atoms with Crippen molar-refractivity contribution < 1.29 is 9.18 Å². The van der Waals surface area contributed by atoms with Gasteiger partial charge in [-0.15, -0.1) is 0 Å². The number of primary amides is 1. The summed E-state index contributed by atoms with van der Waals surface area (Å²) in [7, 11) is 0. The van der Waals surface area contributed by atoms with Crippen LogP contribution in [0.1, 0.15) is 29.6 Å². The fraction of sp³-hybridized carbons (Fsp3) is 0.533. The molecule has 4 N–H and O–H groups in total. The van der Waals surface area contributed by atoms with Crippen molar-refractivity contribution in [2.24, 2.45) is 23.3 Å². The quantitative estimate of drug-likeness (QED) is 0.860. The molecule has 0 bridgehead atoms. The van der Waals surface area contributed by atoms with Crippen molar-refractivity contribution in [2.45, 2.75) is 25.3 Å². The molecule has 5 heteroatoms. The highest BCUT2D eigenvalue weighted by atomic mass is 19.1. The van der Waals surface area contributed by atoms with Crippen molar-refractivity contribution in [1.29, 1.82) is 0 Å². The predicted octanol–water partition coefficient (Wildman–Crippen LogP) is 1.49. The first kappa shape index (κ1) is 13.4. The van der Waals surface area contributed by atoms with Crippen molar-refractivity contribution in [3.8, 4) is 0 Å². The molecule has 2 aliphatic rings. The Bertz CT molecular complexity index is 534. The largest absolute Gasteiger partial charge is 0.370 e. The van der Waals surface area contributed by atoms with Crippen LogP contribution in [0, 0.1) is 17.7 Å². The fourth-order valence-corrected chi connectivity index (χ4v) is 3.73. The summed E-state index contributed by atoms with van der Waals surface area (Å²) >= 11 is 0. The zero-order valence-corrected chi connectivity index (χ0v) is 11.4. The van der Waals surface area contributed by atoms with E-state index in [4.69, 9.17) is 11.5 Å². The molecule has 1 aliphatic carbocycles. The van der Waals surface area contributed by atoms with E-state index in [1.807, 2.05) is 0 Å². The number of carbonyl (C=O) groups is 1. The predicted molar refractivity (Wildman–Crippen MR) is 75.9 cm³/mol. The fourth-order valence-electron chi connectivity index (χ4n) is 3.73. The van der Waals surface area contributed by atoms with Crippen molar-refractivity contribution in [1.82, 2.24) is 0 Å². The molecule has 1 saturated heterocycles. The van der Waals surface area contributed by atoms with E-state index < -0.39 is 11.7 Å². The monoisotopic (exact) mass is 277 g/mol. The average Bonchev–Trinajstić information content (AvgIpc) is 2.83. The number of halogens is 1. The van der Waals surface area contributed by atoms with Gasteiger partial charge in [-0.25, -0.2) is 4.39 Å². The van der Waals surface area contributed by atoms with E-state index in [1.54, 1.807) is 12.1 Å². The number of fused-ring (bicyclic) bond motifs is 1. The number of anilines is 1. The van der Waals surface area contributed by atoms with Crippen LogP contribution < -0.4 is 16.4 Å². The summed E-state index contributed by atoms with van der Waals surface area (Å²) in [6.45, 7) is 1.62. The molecule has 1 aromatic carbocycles. The highest BCUT2D eigenvalue weighted by molar-refractivity contribution is 5.99. The van der Waals surface area contributed by atoms with Gasteiger partial charge in [0, 0.05) is 19.1 Å². The molecule has 4 nitrogen and oxygen atoms in total. The molecule has 1 heterocycles. The lowest BCUT2D eigenvalue weighted by atomic mass is 9.78. The smallest absolute Gasteiger partial charge is 0.253 e. The third-order valence-corrected chi connectivity index (χ3v) is 4.73. The Labute approximate surface area is 117 Å². The Morgan fingerprint density at radius 2 is 2.10 bits per heavy atom. The first-order chi connectivity index (χ1) is 9.58. The molecule has 1 amide bonds. The third-order valence-electron chi connectivity index (χ3n) is 4.73. The lowest BCUT2D eigenvalue weighted by molar-refractivity contribution is 0.0997. The van der Waals surface area contributed by atoms with E-state index in [-0.39, 0.29) is 11.6 Å². The van der Waals surface area contributed by atoms with Crippen molar-refractivity contribution >= 4 is 11.6 Å². The van der Waals surface area contributed by atoms with E-state index >= 15 is 0 Å². The number of nitrogens with zero attached hydrogens (tertiary/aromatic N) is 1. The van der Waals surface area contributed by atoms with Gasteiger partial charge in [0.2, 0.25) is 0 Å². The van der Waals surface area contributed by atoms with Crippen molar-refractivity contribution in [3.63, 3.8) is 0 Å². The van der Waals surface area contributed by atoms with Gasteiger partial charge in [-0.3, -0.25) is 4.79 Å². The van der Waals surface area contributed by atoms with Crippen LogP contribution in [0.3, 0.4) is 0 Å². The summed E-state index contributed by atoms with van der Waals surface area (Å²) in [5.74, 6) is -0.276. The van der Waals surface area contributed by atoms with Gasteiger partial charge in [-0.1, -0.05) is 12.5 Å². The molecule has 3 rings (SSSR count). The van der Waals surface area contributed by atoms with Crippen LogP contribution in [-0.2, 0) is 0 Å². The Hall–Kier alpha value is -1.62. The second kappa shape index (κ2) is 5.05. The maximum atomic E-state index is 13.8. The molecule has 108 valence electrons. The number of hydrogen-bond donors (Lipinski definition) is 2. The standard InChI is InChI=1S/C15H20FN3O/c16-11-4-2-6-13(14(11)15(18)20)19-7-9-3-1-5-12(17)10(9)8-19/h2,4,6,9-10,12H,1,3,5,7-8,17H2,(H2,18,20). The molecule has 0 spiro atoms. The summed E-state index contributed by atoms with van der Waals surface area (Å²) in [5.41, 5.74) is 12.1. The van der Waals surface area contributed by atoms with Gasteiger partial charge < -0.3 is 16.4 Å². The van der Waals surface area contributed by atoms with Crippen molar-refractivity contribution in [2.75, 3.05) is 18.0 Å². The lowest BCUT2D eigenvalue weighted by Gasteiger charge is -2.29. The van der Waals surface area contributed by atoms with Gasteiger partial charge in [-0.05, 0) is 36.8 Å². The molecule has 0 radical (unpaired) electrons. The molecule has 1 aromatic rings. The number of carbonyl (C=O) groups excluding carboxylic acids is 1. The van der Waals surface area contributed by atoms with E-state index in [2.05, 4.69) is 4.90 Å². The van der Waals surface area contributed by atoms with Gasteiger partial charge in [0.15, 0.2) is 0 Å². The molecule has 1 aliphatic heterocycles. The summed E-state index contributed by atoms with van der Waals surface area (Å²) in [4.78, 5) is 13.6. The maximum Gasteiger partial charge on any atom is 0.253 e.